The van der Waals surface area contributed by atoms with E-state index in [1.54, 1.807) is 11.3 Å². The molecule has 0 atom stereocenters. The Labute approximate surface area is 104 Å². The zero-order valence-electron chi connectivity index (χ0n) is 9.09. The number of nitrogens with zero attached hydrogens (tertiary/aromatic N) is 1. The number of aromatic nitrogens is 1. The number of anilines is 1. The van der Waals surface area contributed by atoms with Gasteiger partial charge in [-0.3, -0.25) is 4.79 Å². The maximum absolute atomic E-state index is 11.5. The van der Waals surface area contributed by atoms with Gasteiger partial charge in [-0.05, 0) is 32.1 Å². The molecule has 88 valence electrons. The van der Waals surface area contributed by atoms with E-state index < -0.39 is 0 Å². The van der Waals surface area contributed by atoms with Crippen molar-refractivity contribution in [3.8, 4) is 0 Å². The van der Waals surface area contributed by atoms with Crippen molar-refractivity contribution in [3.05, 3.63) is 10.6 Å². The largest absolute Gasteiger partial charge is 0.302 e. The highest BCUT2D eigenvalue weighted by atomic mass is 35.5. The number of aryl methyl sites for hydroxylation is 2. The summed E-state index contributed by atoms with van der Waals surface area (Å²) in [6, 6.07) is 0. The van der Waals surface area contributed by atoms with Crippen LogP contribution < -0.4 is 5.32 Å². The Hall–Kier alpha value is -0.610. The van der Waals surface area contributed by atoms with Gasteiger partial charge in [0.2, 0.25) is 5.91 Å². The predicted octanol–water partition coefficient (Wildman–Crippen LogP) is 2.98. The minimum atomic E-state index is 0.0533. The van der Waals surface area contributed by atoms with Gasteiger partial charge in [0.05, 0.1) is 5.69 Å². The van der Waals surface area contributed by atoms with Crippen molar-refractivity contribution >= 4 is 34.0 Å². The molecule has 0 radical (unpaired) electrons. The highest BCUT2D eigenvalue weighted by molar-refractivity contribution is 7.15. The van der Waals surface area contributed by atoms with E-state index in [2.05, 4.69) is 10.3 Å². The first-order valence-electron chi connectivity index (χ1n) is 5.64. The molecule has 1 aromatic heterocycles. The average molecular weight is 259 g/mol. The van der Waals surface area contributed by atoms with Gasteiger partial charge < -0.3 is 5.32 Å². The third-order valence-electron chi connectivity index (χ3n) is 2.63. The zero-order chi connectivity index (χ0) is 11.4. The van der Waals surface area contributed by atoms with Crippen molar-refractivity contribution < 1.29 is 4.79 Å². The van der Waals surface area contributed by atoms with Crippen LogP contribution in [-0.4, -0.2) is 16.8 Å². The fraction of sp³-hybridized carbons (Fsp3) is 0.636. The summed E-state index contributed by atoms with van der Waals surface area (Å²) in [6.07, 6.45) is 5.67. The number of fused-ring (bicyclic) bond motifs is 1. The molecule has 0 spiro atoms. The van der Waals surface area contributed by atoms with E-state index in [0.717, 1.165) is 30.8 Å². The molecular weight excluding hydrogens is 244 g/mol. The number of amides is 1. The van der Waals surface area contributed by atoms with Crippen LogP contribution in [-0.2, 0) is 17.6 Å². The van der Waals surface area contributed by atoms with Gasteiger partial charge in [-0.25, -0.2) is 4.98 Å². The molecular formula is C11H15ClN2OS. The molecule has 1 aliphatic rings. The maximum atomic E-state index is 11.5. The minimum absolute atomic E-state index is 0.0533. The van der Waals surface area contributed by atoms with Crippen LogP contribution in [0.1, 0.15) is 36.3 Å². The normalized spacial score (nSPS) is 13.8. The molecule has 3 nitrogen and oxygen atoms in total. The van der Waals surface area contributed by atoms with E-state index in [1.165, 1.54) is 17.0 Å². The molecule has 16 heavy (non-hydrogen) atoms. The van der Waals surface area contributed by atoms with Crippen LogP contribution in [0.5, 0.6) is 0 Å². The van der Waals surface area contributed by atoms with Crippen molar-refractivity contribution in [1.29, 1.82) is 0 Å². The summed E-state index contributed by atoms with van der Waals surface area (Å²) in [7, 11) is 0. The summed E-state index contributed by atoms with van der Waals surface area (Å²) >= 11 is 7.17. The fourth-order valence-corrected chi connectivity index (χ4v) is 3.06. The second kappa shape index (κ2) is 5.64. The number of nitrogens with one attached hydrogen (secondary N) is 1. The lowest BCUT2D eigenvalue weighted by atomic mass is 10.2. The van der Waals surface area contributed by atoms with Gasteiger partial charge in [0, 0.05) is 17.2 Å². The molecule has 0 saturated heterocycles. The van der Waals surface area contributed by atoms with E-state index in [0.29, 0.717) is 12.3 Å². The second-order valence-electron chi connectivity index (χ2n) is 3.94. The van der Waals surface area contributed by atoms with Gasteiger partial charge in [-0.15, -0.1) is 22.9 Å². The Morgan fingerprint density at radius 2 is 2.31 bits per heavy atom. The van der Waals surface area contributed by atoms with Gasteiger partial charge in [-0.1, -0.05) is 0 Å². The number of carbonyl (C=O) groups excluding carboxylic acids is 1. The number of hydrogen-bond acceptors (Lipinski definition) is 3. The maximum Gasteiger partial charge on any atom is 0.226 e. The molecule has 0 saturated carbocycles. The summed E-state index contributed by atoms with van der Waals surface area (Å²) < 4.78 is 0. The summed E-state index contributed by atoms with van der Waals surface area (Å²) in [5, 5.41) is 3.62. The molecule has 2 rings (SSSR count). The van der Waals surface area contributed by atoms with E-state index in [4.69, 9.17) is 11.6 Å². The van der Waals surface area contributed by atoms with Crippen LogP contribution in [0.4, 0.5) is 5.13 Å². The second-order valence-corrected chi connectivity index (χ2v) is 5.40. The number of alkyl halides is 1. The first-order chi connectivity index (χ1) is 7.79. The molecule has 1 aliphatic carbocycles. The Balaban J connectivity index is 1.82. The highest BCUT2D eigenvalue weighted by Gasteiger charge is 2.17. The molecule has 0 aliphatic heterocycles. The van der Waals surface area contributed by atoms with Crippen LogP contribution >= 0.6 is 22.9 Å². The molecule has 1 heterocycles. The number of thiazole rings is 1. The topological polar surface area (TPSA) is 42.0 Å². The van der Waals surface area contributed by atoms with Crippen LogP contribution in [0.25, 0.3) is 0 Å². The van der Waals surface area contributed by atoms with Crippen molar-refractivity contribution in [2.24, 2.45) is 0 Å². The SMILES string of the molecule is O=C(CCCCCl)Nc1nc2c(s1)CCC2. The lowest BCUT2D eigenvalue weighted by molar-refractivity contribution is -0.116. The predicted molar refractivity (Wildman–Crippen MR) is 67.3 cm³/mol. The van der Waals surface area contributed by atoms with Gasteiger partial charge in [0.25, 0.3) is 0 Å². The van der Waals surface area contributed by atoms with E-state index in [-0.39, 0.29) is 5.91 Å². The molecule has 5 heteroatoms. The highest BCUT2D eigenvalue weighted by Crippen LogP contribution is 2.30. The van der Waals surface area contributed by atoms with Gasteiger partial charge in [0.1, 0.15) is 0 Å². The van der Waals surface area contributed by atoms with Crippen LogP contribution in [0.15, 0.2) is 0 Å². The Bertz CT molecular complexity index is 357. The Morgan fingerprint density at radius 1 is 1.44 bits per heavy atom. The number of hydrogen-bond donors (Lipinski definition) is 1. The lowest BCUT2D eigenvalue weighted by Crippen LogP contribution is -2.11. The smallest absolute Gasteiger partial charge is 0.226 e. The number of unbranched alkanes of at least 4 members (excludes halogenated alkanes) is 1. The van der Waals surface area contributed by atoms with Crippen LogP contribution in [0.2, 0.25) is 0 Å². The molecule has 1 N–H and O–H groups in total. The first-order valence-corrected chi connectivity index (χ1v) is 6.99. The van der Waals surface area contributed by atoms with Crippen molar-refractivity contribution in [1.82, 2.24) is 4.98 Å². The minimum Gasteiger partial charge on any atom is -0.302 e. The fourth-order valence-electron chi connectivity index (χ4n) is 1.81. The van der Waals surface area contributed by atoms with Crippen LogP contribution in [0, 0.1) is 0 Å². The summed E-state index contributed by atoms with van der Waals surface area (Å²) in [5.74, 6) is 0.677. The summed E-state index contributed by atoms with van der Waals surface area (Å²) in [5.41, 5.74) is 1.18. The number of rotatable bonds is 5. The van der Waals surface area contributed by atoms with Gasteiger partial charge in [0.15, 0.2) is 5.13 Å². The molecule has 1 aromatic rings. The summed E-state index contributed by atoms with van der Waals surface area (Å²) in [4.78, 5) is 17.3. The van der Waals surface area contributed by atoms with Crippen molar-refractivity contribution in [3.63, 3.8) is 0 Å². The van der Waals surface area contributed by atoms with Crippen LogP contribution in [0.3, 0.4) is 0 Å². The van der Waals surface area contributed by atoms with E-state index in [1.807, 2.05) is 0 Å². The number of halogens is 1. The molecule has 1 amide bonds. The van der Waals surface area contributed by atoms with Crippen molar-refractivity contribution in [2.75, 3.05) is 11.2 Å². The molecule has 0 unspecified atom stereocenters. The van der Waals surface area contributed by atoms with Gasteiger partial charge >= 0.3 is 0 Å². The first kappa shape index (κ1) is 11.9. The third kappa shape index (κ3) is 2.95. The Morgan fingerprint density at radius 3 is 3.06 bits per heavy atom. The monoisotopic (exact) mass is 258 g/mol. The lowest BCUT2D eigenvalue weighted by Gasteiger charge is -2.00. The zero-order valence-corrected chi connectivity index (χ0v) is 10.7. The van der Waals surface area contributed by atoms with Gasteiger partial charge in [-0.2, -0.15) is 0 Å². The molecule has 0 fully saturated rings. The quantitative estimate of drug-likeness (QED) is 0.652. The van der Waals surface area contributed by atoms with E-state index in [9.17, 15) is 4.79 Å². The summed E-state index contributed by atoms with van der Waals surface area (Å²) in [6.45, 7) is 0. The molecule has 0 aromatic carbocycles. The number of carbonyl (C=O) groups is 1. The average Bonchev–Trinajstić information content (AvgIpc) is 2.78. The Kier molecular flexibility index (Phi) is 4.18. The molecule has 0 bridgehead atoms. The van der Waals surface area contributed by atoms with Crippen molar-refractivity contribution in [2.45, 2.75) is 38.5 Å². The third-order valence-corrected chi connectivity index (χ3v) is 3.97. The van der Waals surface area contributed by atoms with E-state index >= 15 is 0 Å². The standard InChI is InChI=1S/C11H15ClN2OS/c12-7-2-1-6-10(15)14-11-13-8-4-3-5-9(8)16-11/h1-7H2,(H,13,14,15).